The van der Waals surface area contributed by atoms with Gasteiger partial charge in [0.1, 0.15) is 0 Å². The third-order valence-electron chi connectivity index (χ3n) is 1.33. The molecule has 0 radical (unpaired) electrons. The Morgan fingerprint density at radius 1 is 1.46 bits per heavy atom. The van der Waals surface area contributed by atoms with Crippen LogP contribution in [0.15, 0.2) is 6.07 Å². The first-order chi connectivity index (χ1) is 6.11. The lowest BCUT2D eigenvalue weighted by Gasteiger charge is -2.02. The Kier molecular flexibility index (Phi) is 2.92. The molecule has 0 atom stereocenters. The van der Waals surface area contributed by atoms with E-state index < -0.39 is 5.97 Å². The van der Waals surface area contributed by atoms with Gasteiger partial charge in [-0.2, -0.15) is 0 Å². The predicted molar refractivity (Wildman–Crippen MR) is 46.2 cm³/mol. The molecule has 5 nitrogen and oxygen atoms in total. The van der Waals surface area contributed by atoms with Crippen LogP contribution in [0.5, 0.6) is 6.01 Å². The fraction of sp³-hybridized carbons (Fsp3) is 0.375. The normalized spacial score (nSPS) is 9.77. The number of hydrogen-bond acceptors (Lipinski definition) is 5. The topological polar surface area (TPSA) is 78.1 Å². The Morgan fingerprint density at radius 3 is 2.46 bits per heavy atom. The van der Waals surface area contributed by atoms with Gasteiger partial charge in [0.25, 0.3) is 0 Å². The Balaban J connectivity index is 2.83. The predicted octanol–water partition coefficient (Wildman–Crippen LogP) is -0.0425. The molecule has 0 aromatic carbocycles. The smallest absolute Gasteiger partial charge is 0.327 e. The van der Waals surface area contributed by atoms with Crippen LogP contribution >= 0.6 is 0 Å². The zero-order chi connectivity index (χ0) is 9.84. The standard InChI is InChI=1S/C8H11N3O2/c1-5-3-6(2)11-8(10-5)13-7(12)4-9/h3H,4,9H2,1-2H3. The minimum atomic E-state index is -0.537. The summed E-state index contributed by atoms with van der Waals surface area (Å²) in [4.78, 5) is 18.6. The highest BCUT2D eigenvalue weighted by Gasteiger charge is 2.05. The summed E-state index contributed by atoms with van der Waals surface area (Å²) in [5.41, 5.74) is 6.58. The molecule has 1 aromatic heterocycles. The largest absolute Gasteiger partial charge is 0.390 e. The van der Waals surface area contributed by atoms with E-state index in [1.54, 1.807) is 19.9 Å². The lowest BCUT2D eigenvalue weighted by molar-refractivity contribution is -0.133. The first-order valence-corrected chi connectivity index (χ1v) is 3.85. The summed E-state index contributed by atoms with van der Waals surface area (Å²) < 4.78 is 4.74. The van der Waals surface area contributed by atoms with E-state index in [1.807, 2.05) is 0 Å². The third kappa shape index (κ3) is 2.79. The molecule has 1 heterocycles. The van der Waals surface area contributed by atoms with Crippen molar-refractivity contribution in [2.24, 2.45) is 5.73 Å². The molecule has 0 amide bonds. The average Bonchev–Trinajstić information content (AvgIpc) is 2.02. The Bertz CT molecular complexity index is 305. The van der Waals surface area contributed by atoms with Gasteiger partial charge in [-0.1, -0.05) is 0 Å². The first kappa shape index (κ1) is 9.60. The van der Waals surface area contributed by atoms with Crippen LogP contribution < -0.4 is 10.5 Å². The summed E-state index contributed by atoms with van der Waals surface area (Å²) in [5.74, 6) is -0.537. The molecule has 0 spiro atoms. The number of aromatic nitrogens is 2. The van der Waals surface area contributed by atoms with E-state index >= 15 is 0 Å². The van der Waals surface area contributed by atoms with Crippen LogP contribution in [0.3, 0.4) is 0 Å². The first-order valence-electron chi connectivity index (χ1n) is 3.85. The fourth-order valence-electron chi connectivity index (χ4n) is 0.883. The molecule has 1 rings (SSSR count). The van der Waals surface area contributed by atoms with Crippen LogP contribution in [0, 0.1) is 13.8 Å². The molecule has 0 bridgehead atoms. The third-order valence-corrected chi connectivity index (χ3v) is 1.33. The van der Waals surface area contributed by atoms with Crippen LogP contribution in [0.4, 0.5) is 0 Å². The van der Waals surface area contributed by atoms with Crippen molar-refractivity contribution in [3.63, 3.8) is 0 Å². The van der Waals surface area contributed by atoms with Gasteiger partial charge in [-0.3, -0.25) is 4.79 Å². The Hall–Kier alpha value is -1.49. The van der Waals surface area contributed by atoms with E-state index in [9.17, 15) is 4.79 Å². The van der Waals surface area contributed by atoms with Crippen molar-refractivity contribution < 1.29 is 9.53 Å². The van der Waals surface area contributed by atoms with Crippen LogP contribution in [0.1, 0.15) is 11.4 Å². The molecule has 0 fully saturated rings. The van der Waals surface area contributed by atoms with Gasteiger partial charge in [0, 0.05) is 11.4 Å². The van der Waals surface area contributed by atoms with E-state index in [0.29, 0.717) is 0 Å². The number of carbonyl (C=O) groups is 1. The minimum Gasteiger partial charge on any atom is -0.390 e. The molecule has 70 valence electrons. The van der Waals surface area contributed by atoms with Crippen molar-refractivity contribution in [2.75, 3.05) is 6.54 Å². The van der Waals surface area contributed by atoms with Gasteiger partial charge in [0.2, 0.25) is 0 Å². The maximum absolute atomic E-state index is 10.8. The van der Waals surface area contributed by atoms with Crippen molar-refractivity contribution in [3.05, 3.63) is 17.5 Å². The van der Waals surface area contributed by atoms with Crippen LogP contribution in [0.25, 0.3) is 0 Å². The zero-order valence-electron chi connectivity index (χ0n) is 7.57. The summed E-state index contributed by atoms with van der Waals surface area (Å²) in [6.07, 6.45) is 0. The molecule has 2 N–H and O–H groups in total. The van der Waals surface area contributed by atoms with Crippen LogP contribution in [-0.2, 0) is 4.79 Å². The van der Waals surface area contributed by atoms with Gasteiger partial charge in [-0.05, 0) is 19.9 Å². The molecule has 0 aliphatic carbocycles. The highest BCUT2D eigenvalue weighted by Crippen LogP contribution is 2.05. The average molecular weight is 181 g/mol. The summed E-state index contributed by atoms with van der Waals surface area (Å²) in [5, 5.41) is 0. The summed E-state index contributed by atoms with van der Waals surface area (Å²) in [6.45, 7) is 3.43. The van der Waals surface area contributed by atoms with Gasteiger partial charge in [-0.25, -0.2) is 9.97 Å². The van der Waals surface area contributed by atoms with E-state index in [0.717, 1.165) is 11.4 Å². The number of hydrogen-bond donors (Lipinski definition) is 1. The maximum Gasteiger partial charge on any atom is 0.327 e. The molecular weight excluding hydrogens is 170 g/mol. The van der Waals surface area contributed by atoms with E-state index in [-0.39, 0.29) is 12.6 Å². The second-order valence-electron chi connectivity index (χ2n) is 2.61. The summed E-state index contributed by atoms with van der Waals surface area (Å²) in [6, 6.07) is 1.85. The van der Waals surface area contributed by atoms with Crippen molar-refractivity contribution >= 4 is 5.97 Å². The highest BCUT2D eigenvalue weighted by atomic mass is 16.5. The SMILES string of the molecule is Cc1cc(C)nc(OC(=O)CN)n1. The molecule has 0 aliphatic rings. The van der Waals surface area contributed by atoms with Gasteiger partial charge >= 0.3 is 12.0 Å². The van der Waals surface area contributed by atoms with Crippen LogP contribution in [-0.4, -0.2) is 22.5 Å². The van der Waals surface area contributed by atoms with Gasteiger partial charge in [0.05, 0.1) is 6.54 Å². The number of carbonyl (C=O) groups excluding carboxylic acids is 1. The van der Waals surface area contributed by atoms with Gasteiger partial charge < -0.3 is 10.5 Å². The van der Waals surface area contributed by atoms with Crippen molar-refractivity contribution in [2.45, 2.75) is 13.8 Å². The van der Waals surface area contributed by atoms with Gasteiger partial charge in [-0.15, -0.1) is 0 Å². The molecule has 0 unspecified atom stereocenters. The van der Waals surface area contributed by atoms with Crippen molar-refractivity contribution in [1.82, 2.24) is 9.97 Å². The highest BCUT2D eigenvalue weighted by molar-refractivity contribution is 5.73. The lowest BCUT2D eigenvalue weighted by Crippen LogP contribution is -2.20. The minimum absolute atomic E-state index is 0.0629. The molecular formula is C8H11N3O2. The lowest BCUT2D eigenvalue weighted by atomic mass is 10.4. The molecule has 1 aromatic rings. The number of aryl methyl sites for hydroxylation is 2. The summed E-state index contributed by atoms with van der Waals surface area (Å²) >= 11 is 0. The number of rotatable bonds is 2. The van der Waals surface area contributed by atoms with Crippen molar-refractivity contribution in [3.8, 4) is 6.01 Å². The van der Waals surface area contributed by atoms with E-state index in [4.69, 9.17) is 10.5 Å². The Labute approximate surface area is 75.9 Å². The van der Waals surface area contributed by atoms with E-state index in [2.05, 4.69) is 9.97 Å². The van der Waals surface area contributed by atoms with Crippen LogP contribution in [0.2, 0.25) is 0 Å². The Morgan fingerprint density at radius 2 is 2.00 bits per heavy atom. The quantitative estimate of drug-likeness (QED) is 0.647. The number of nitrogens with zero attached hydrogens (tertiary/aromatic N) is 2. The number of esters is 1. The monoisotopic (exact) mass is 181 g/mol. The molecule has 0 aliphatic heterocycles. The number of nitrogens with two attached hydrogens (primary N) is 1. The van der Waals surface area contributed by atoms with Gasteiger partial charge in [0.15, 0.2) is 0 Å². The molecule has 5 heteroatoms. The molecule has 0 saturated heterocycles. The fourth-order valence-corrected chi connectivity index (χ4v) is 0.883. The summed E-state index contributed by atoms with van der Waals surface area (Å²) in [7, 11) is 0. The molecule has 0 saturated carbocycles. The van der Waals surface area contributed by atoms with Crippen molar-refractivity contribution in [1.29, 1.82) is 0 Å². The number of ether oxygens (including phenoxy) is 1. The second-order valence-corrected chi connectivity index (χ2v) is 2.61. The maximum atomic E-state index is 10.8. The second kappa shape index (κ2) is 3.95. The zero-order valence-corrected chi connectivity index (χ0v) is 7.57. The van der Waals surface area contributed by atoms with E-state index in [1.165, 1.54) is 0 Å². The molecule has 13 heavy (non-hydrogen) atoms.